The van der Waals surface area contributed by atoms with Gasteiger partial charge in [-0.05, 0) is 43.5 Å². The molecule has 0 radical (unpaired) electrons. The lowest BCUT2D eigenvalue weighted by atomic mass is 9.96. The molecule has 1 fully saturated rings. The van der Waals surface area contributed by atoms with E-state index in [1.807, 2.05) is 11.8 Å². The summed E-state index contributed by atoms with van der Waals surface area (Å²) in [6, 6.07) is 0. The Morgan fingerprint density at radius 3 is 1.86 bits per heavy atom. The van der Waals surface area contributed by atoms with Crippen LogP contribution in [0.2, 0.25) is 39.3 Å². The van der Waals surface area contributed by atoms with Crippen LogP contribution in [0.5, 0.6) is 0 Å². The van der Waals surface area contributed by atoms with Gasteiger partial charge in [0.25, 0.3) is 8.32 Å². The molecule has 1 saturated heterocycles. The van der Waals surface area contributed by atoms with Crippen molar-refractivity contribution in [2.24, 2.45) is 5.41 Å². The van der Waals surface area contributed by atoms with E-state index < -0.39 is 24.6 Å². The molecule has 22 heavy (non-hydrogen) atoms. The van der Waals surface area contributed by atoms with Crippen LogP contribution >= 0.6 is 19.8 Å². The van der Waals surface area contributed by atoms with Gasteiger partial charge in [0, 0.05) is 0 Å². The van der Waals surface area contributed by atoms with Gasteiger partial charge in [0.1, 0.15) is 8.24 Å². The van der Waals surface area contributed by atoms with E-state index in [1.54, 1.807) is 0 Å². The first-order valence-corrected chi connectivity index (χ1v) is 17.1. The highest BCUT2D eigenvalue weighted by Gasteiger charge is 2.64. The van der Waals surface area contributed by atoms with Gasteiger partial charge in [-0.1, -0.05) is 40.4 Å². The maximum Gasteiger partial charge on any atom is 0.516 e. The summed E-state index contributed by atoms with van der Waals surface area (Å²) in [5.41, 5.74) is 0.159. The second kappa shape index (κ2) is 6.27. The van der Waals surface area contributed by atoms with E-state index in [-0.39, 0.29) is 15.9 Å². The highest BCUT2D eigenvalue weighted by Crippen LogP contribution is 2.59. The second-order valence-corrected chi connectivity index (χ2v) is 22.5. The molecule has 3 unspecified atom stereocenters. The Morgan fingerprint density at radius 2 is 1.55 bits per heavy atom. The third-order valence-corrected chi connectivity index (χ3v) is 12.5. The van der Waals surface area contributed by atoms with Crippen LogP contribution in [0, 0.1) is 5.41 Å². The first-order chi connectivity index (χ1) is 9.47. The highest BCUT2D eigenvalue weighted by atomic mass is 32.2. The fraction of sp³-hybridized carbons (Fsp3) is 1.00. The van der Waals surface area contributed by atoms with Crippen molar-refractivity contribution in [3.63, 3.8) is 0 Å². The molecule has 130 valence electrons. The van der Waals surface area contributed by atoms with Gasteiger partial charge in [0.2, 0.25) is 5.78 Å². The van der Waals surface area contributed by atoms with Crippen LogP contribution in [0.4, 0.5) is 0 Å². The van der Waals surface area contributed by atoms with Crippen LogP contribution < -0.4 is 0 Å². The van der Waals surface area contributed by atoms with Gasteiger partial charge in [0.15, 0.2) is 0 Å². The van der Waals surface area contributed by atoms with Crippen molar-refractivity contribution in [3.05, 3.63) is 0 Å². The van der Waals surface area contributed by atoms with Gasteiger partial charge in [-0.3, -0.25) is 4.57 Å². The SMILES string of the molecule is CC(C)(C)C1SC(C)(C)C([P+](=O)O[Si](C)(C)C)N1[Si](C)(C)C. The molecule has 1 aliphatic rings. The smallest absolute Gasteiger partial charge is 0.266 e. The molecule has 1 heterocycles. The molecule has 3 atom stereocenters. The van der Waals surface area contributed by atoms with Crippen molar-refractivity contribution in [2.75, 3.05) is 0 Å². The molecule has 0 aliphatic carbocycles. The second-order valence-electron chi connectivity index (χ2n) is 9.88. The summed E-state index contributed by atoms with van der Waals surface area (Å²) in [5.74, 6) is 0.00937. The average Bonchev–Trinajstić information content (AvgIpc) is 2.45. The fourth-order valence-electron chi connectivity index (χ4n) is 2.86. The molecule has 0 aromatic rings. The van der Waals surface area contributed by atoms with E-state index in [2.05, 4.69) is 78.5 Å². The Morgan fingerprint density at radius 1 is 1.09 bits per heavy atom. The molecule has 1 rings (SSSR count). The van der Waals surface area contributed by atoms with Gasteiger partial charge in [-0.25, -0.2) is 4.21 Å². The number of thioether (sulfide) groups is 1. The highest BCUT2D eigenvalue weighted by molar-refractivity contribution is 8.01. The maximum absolute atomic E-state index is 13.1. The normalized spacial score (nSPS) is 28.0. The standard InChI is InChI=1S/C15H35NO2PSSi2/c1-14(2,3)13-16(21(6,7)8)12(15(4,5)20-13)19(17)18-22(9,10)11/h12-13H,1-11H3/q+1. The lowest BCUT2D eigenvalue weighted by Gasteiger charge is -2.41. The molecule has 0 aromatic carbocycles. The Bertz CT molecular complexity index is 438. The Hall–Kier alpha value is 0.804. The lowest BCUT2D eigenvalue weighted by Crippen LogP contribution is -2.56. The van der Waals surface area contributed by atoms with E-state index in [0.29, 0.717) is 5.37 Å². The van der Waals surface area contributed by atoms with Gasteiger partial charge in [0.05, 0.1) is 10.1 Å². The number of rotatable bonds is 4. The minimum atomic E-state index is -1.81. The lowest BCUT2D eigenvalue weighted by molar-refractivity contribution is 0.235. The summed E-state index contributed by atoms with van der Waals surface area (Å²) in [7, 11) is -5.12. The van der Waals surface area contributed by atoms with Crippen LogP contribution in [0.15, 0.2) is 0 Å². The molecule has 0 spiro atoms. The minimum Gasteiger partial charge on any atom is -0.266 e. The predicted octanol–water partition coefficient (Wildman–Crippen LogP) is 5.94. The first kappa shape index (κ1) is 20.8. The van der Waals surface area contributed by atoms with Crippen molar-refractivity contribution in [1.82, 2.24) is 4.57 Å². The Labute approximate surface area is 145 Å². The molecule has 0 bridgehead atoms. The summed E-state index contributed by atoms with van der Waals surface area (Å²) >= 11 is 1.98. The van der Waals surface area contributed by atoms with Crippen LogP contribution in [0.1, 0.15) is 34.6 Å². The third kappa shape index (κ3) is 4.90. The summed E-state index contributed by atoms with van der Waals surface area (Å²) in [6.07, 6.45) is 0. The van der Waals surface area contributed by atoms with Gasteiger partial charge < -0.3 is 0 Å². The molecule has 7 heteroatoms. The van der Waals surface area contributed by atoms with Crippen LogP contribution in [0.3, 0.4) is 0 Å². The van der Waals surface area contributed by atoms with Gasteiger partial charge in [-0.15, -0.1) is 11.8 Å². The van der Waals surface area contributed by atoms with Crippen molar-refractivity contribution in [2.45, 2.75) is 89.8 Å². The van der Waals surface area contributed by atoms with E-state index in [9.17, 15) is 4.57 Å². The zero-order valence-corrected chi connectivity index (χ0v) is 20.0. The molecule has 1 aliphatic heterocycles. The summed E-state index contributed by atoms with van der Waals surface area (Å²) in [6.45, 7) is 24.8. The molecule has 0 aromatic heterocycles. The largest absolute Gasteiger partial charge is 0.516 e. The molecule has 0 saturated carbocycles. The quantitative estimate of drug-likeness (QED) is 0.446. The van der Waals surface area contributed by atoms with Gasteiger partial charge in [-0.2, -0.15) is 0 Å². The molecular weight excluding hydrogens is 345 g/mol. The minimum absolute atomic E-state index is 0.00937. The zero-order valence-electron chi connectivity index (χ0n) is 16.3. The van der Waals surface area contributed by atoms with E-state index in [0.717, 1.165) is 0 Å². The summed E-state index contributed by atoms with van der Waals surface area (Å²) in [5, 5.41) is 0.392. The zero-order chi connectivity index (χ0) is 17.7. The summed E-state index contributed by atoms with van der Waals surface area (Å²) in [4.78, 5) is 0. The molecule has 3 nitrogen and oxygen atoms in total. The van der Waals surface area contributed by atoms with Gasteiger partial charge >= 0.3 is 8.03 Å². The average molecular weight is 381 g/mol. The maximum atomic E-state index is 13.1. The van der Waals surface area contributed by atoms with Crippen LogP contribution in [-0.2, 0) is 8.78 Å². The summed E-state index contributed by atoms with van der Waals surface area (Å²) < 4.78 is 21.7. The monoisotopic (exact) mass is 380 g/mol. The fourth-order valence-corrected chi connectivity index (χ4v) is 12.9. The first-order valence-electron chi connectivity index (χ1n) is 8.08. The van der Waals surface area contributed by atoms with Crippen molar-refractivity contribution >= 4 is 36.3 Å². The number of nitrogens with zero attached hydrogens (tertiary/aromatic N) is 1. The van der Waals surface area contributed by atoms with Crippen LogP contribution in [0.25, 0.3) is 0 Å². The molecular formula is C15H35NO2PSSi2+. The van der Waals surface area contributed by atoms with Crippen molar-refractivity contribution < 1.29 is 8.78 Å². The number of hydrogen-bond acceptors (Lipinski definition) is 4. The van der Waals surface area contributed by atoms with E-state index in [1.165, 1.54) is 0 Å². The Kier molecular flexibility index (Phi) is 5.94. The van der Waals surface area contributed by atoms with E-state index >= 15 is 0 Å². The number of hydrogen-bond donors (Lipinski definition) is 0. The predicted molar refractivity (Wildman–Crippen MR) is 106 cm³/mol. The molecule has 0 amide bonds. The Balaban J connectivity index is 3.29. The van der Waals surface area contributed by atoms with E-state index in [4.69, 9.17) is 4.21 Å². The topological polar surface area (TPSA) is 29.5 Å². The van der Waals surface area contributed by atoms with Crippen molar-refractivity contribution in [3.8, 4) is 0 Å². The van der Waals surface area contributed by atoms with Crippen molar-refractivity contribution in [1.29, 1.82) is 0 Å². The molecule has 0 N–H and O–H groups in total. The third-order valence-electron chi connectivity index (χ3n) is 3.63. The van der Waals surface area contributed by atoms with Crippen LogP contribution in [-0.4, -0.2) is 37.0 Å².